The summed E-state index contributed by atoms with van der Waals surface area (Å²) in [6, 6.07) is 3.84. The van der Waals surface area contributed by atoms with Crippen LogP contribution < -0.4 is 10.1 Å². The summed E-state index contributed by atoms with van der Waals surface area (Å²) >= 11 is 0. The first-order chi connectivity index (χ1) is 9.56. The molecule has 2 aromatic rings. The molecule has 0 spiro atoms. The van der Waals surface area contributed by atoms with Crippen molar-refractivity contribution in [3.05, 3.63) is 35.3 Å². The van der Waals surface area contributed by atoms with Gasteiger partial charge in [0.25, 0.3) is 0 Å². The zero-order chi connectivity index (χ0) is 14.5. The van der Waals surface area contributed by atoms with E-state index in [4.69, 9.17) is 4.74 Å². The molecule has 0 aliphatic carbocycles. The number of nitrogens with zero attached hydrogens (tertiary/aromatic N) is 4. The molecule has 20 heavy (non-hydrogen) atoms. The largest absolute Gasteiger partial charge is 0.475 e. The van der Waals surface area contributed by atoms with Crippen molar-refractivity contribution >= 4 is 5.95 Å². The molecule has 6 nitrogen and oxygen atoms in total. The van der Waals surface area contributed by atoms with Crippen molar-refractivity contribution in [2.24, 2.45) is 0 Å². The lowest BCUT2D eigenvalue weighted by Crippen LogP contribution is -2.12. The lowest BCUT2D eigenvalue weighted by Gasteiger charge is -2.13. The average molecular weight is 273 g/mol. The van der Waals surface area contributed by atoms with Gasteiger partial charge in [0.2, 0.25) is 11.8 Å². The predicted octanol–water partition coefficient (Wildman–Crippen LogP) is 2.28. The number of ether oxygens (including phenoxy) is 1. The lowest BCUT2D eigenvalue weighted by molar-refractivity contribution is 0.230. The zero-order valence-electron chi connectivity index (χ0n) is 12.2. The van der Waals surface area contributed by atoms with Crippen molar-refractivity contribution in [2.75, 3.05) is 5.32 Å². The third kappa shape index (κ3) is 3.63. The second kappa shape index (κ2) is 6.27. The summed E-state index contributed by atoms with van der Waals surface area (Å²) in [7, 11) is 0. The van der Waals surface area contributed by atoms with Gasteiger partial charge >= 0.3 is 0 Å². The predicted molar refractivity (Wildman–Crippen MR) is 76.6 cm³/mol. The molecular formula is C14H19N5O. The summed E-state index contributed by atoms with van der Waals surface area (Å²) in [5.74, 6) is 1.14. The highest BCUT2D eigenvalue weighted by molar-refractivity contribution is 5.32. The van der Waals surface area contributed by atoms with E-state index in [9.17, 15) is 0 Å². The molecule has 0 aliphatic rings. The Morgan fingerprint density at radius 2 is 2.00 bits per heavy atom. The fraction of sp³-hybridized carbons (Fsp3) is 0.429. The maximum absolute atomic E-state index is 5.67. The van der Waals surface area contributed by atoms with Crippen LogP contribution in [0.3, 0.4) is 0 Å². The van der Waals surface area contributed by atoms with Gasteiger partial charge in [0.05, 0.1) is 17.5 Å². The Kier molecular flexibility index (Phi) is 4.45. The Balaban J connectivity index is 2.08. The van der Waals surface area contributed by atoms with Crippen LogP contribution in [-0.4, -0.2) is 26.3 Å². The Morgan fingerprint density at radius 3 is 2.70 bits per heavy atom. The standard InChI is InChI=1S/C14H19N5O/c1-9(2)20-13-12(6-5-7-15-13)8-16-14-17-10(3)11(4)18-19-14/h5-7,9H,8H2,1-4H3,(H,16,17,19). The number of anilines is 1. The SMILES string of the molecule is Cc1nnc(NCc2cccnc2OC(C)C)nc1C. The van der Waals surface area contributed by atoms with E-state index in [0.717, 1.165) is 17.0 Å². The fourth-order valence-corrected chi connectivity index (χ4v) is 1.59. The van der Waals surface area contributed by atoms with Crippen LogP contribution in [0.5, 0.6) is 5.88 Å². The summed E-state index contributed by atoms with van der Waals surface area (Å²) < 4.78 is 5.67. The molecule has 0 saturated carbocycles. The maximum Gasteiger partial charge on any atom is 0.243 e. The van der Waals surface area contributed by atoms with Crippen LogP contribution in [0.4, 0.5) is 5.95 Å². The second-order valence-corrected chi connectivity index (χ2v) is 4.79. The minimum absolute atomic E-state index is 0.0863. The number of hydrogen-bond acceptors (Lipinski definition) is 6. The van der Waals surface area contributed by atoms with Crippen LogP contribution >= 0.6 is 0 Å². The van der Waals surface area contributed by atoms with E-state index in [1.54, 1.807) is 6.20 Å². The van der Waals surface area contributed by atoms with Crippen molar-refractivity contribution in [1.29, 1.82) is 0 Å². The average Bonchev–Trinajstić information content (AvgIpc) is 2.41. The molecule has 0 fully saturated rings. The van der Waals surface area contributed by atoms with Gasteiger partial charge in [-0.15, -0.1) is 5.10 Å². The number of nitrogens with one attached hydrogen (secondary N) is 1. The van der Waals surface area contributed by atoms with E-state index >= 15 is 0 Å². The third-order valence-electron chi connectivity index (χ3n) is 2.73. The Hall–Kier alpha value is -2.24. The van der Waals surface area contributed by atoms with Crippen molar-refractivity contribution < 1.29 is 4.74 Å². The van der Waals surface area contributed by atoms with Gasteiger partial charge < -0.3 is 10.1 Å². The molecule has 0 atom stereocenters. The maximum atomic E-state index is 5.67. The van der Waals surface area contributed by atoms with Crippen LogP contribution in [0.15, 0.2) is 18.3 Å². The fourth-order valence-electron chi connectivity index (χ4n) is 1.59. The second-order valence-electron chi connectivity index (χ2n) is 4.79. The molecule has 2 heterocycles. The molecule has 2 aromatic heterocycles. The minimum Gasteiger partial charge on any atom is -0.475 e. The van der Waals surface area contributed by atoms with E-state index < -0.39 is 0 Å². The highest BCUT2D eigenvalue weighted by Gasteiger charge is 2.08. The first-order valence-corrected chi connectivity index (χ1v) is 6.58. The molecule has 0 bridgehead atoms. The molecule has 0 aliphatic heterocycles. The van der Waals surface area contributed by atoms with E-state index in [1.165, 1.54) is 0 Å². The first kappa shape index (κ1) is 14.2. The highest BCUT2D eigenvalue weighted by Crippen LogP contribution is 2.16. The minimum atomic E-state index is 0.0863. The lowest BCUT2D eigenvalue weighted by atomic mass is 10.2. The molecular weight excluding hydrogens is 254 g/mol. The van der Waals surface area contributed by atoms with Gasteiger partial charge in [-0.3, -0.25) is 0 Å². The van der Waals surface area contributed by atoms with Gasteiger partial charge in [-0.2, -0.15) is 5.10 Å². The molecule has 0 radical (unpaired) electrons. The summed E-state index contributed by atoms with van der Waals surface area (Å²) in [5, 5.41) is 11.2. The summed E-state index contributed by atoms with van der Waals surface area (Å²) in [4.78, 5) is 8.58. The van der Waals surface area contributed by atoms with E-state index in [0.29, 0.717) is 18.4 Å². The number of aromatic nitrogens is 4. The first-order valence-electron chi connectivity index (χ1n) is 6.58. The van der Waals surface area contributed by atoms with Gasteiger partial charge in [0, 0.05) is 18.3 Å². The van der Waals surface area contributed by atoms with Crippen LogP contribution in [0, 0.1) is 13.8 Å². The molecule has 6 heteroatoms. The van der Waals surface area contributed by atoms with Crippen molar-refractivity contribution in [3.63, 3.8) is 0 Å². The van der Waals surface area contributed by atoms with E-state index in [2.05, 4.69) is 25.5 Å². The van der Waals surface area contributed by atoms with Gasteiger partial charge in [0.1, 0.15) is 0 Å². The topological polar surface area (TPSA) is 72.8 Å². The number of rotatable bonds is 5. The summed E-state index contributed by atoms with van der Waals surface area (Å²) in [6.07, 6.45) is 1.80. The molecule has 0 unspecified atom stereocenters. The molecule has 106 valence electrons. The number of hydrogen-bond donors (Lipinski definition) is 1. The quantitative estimate of drug-likeness (QED) is 0.901. The monoisotopic (exact) mass is 273 g/mol. The zero-order valence-corrected chi connectivity index (χ0v) is 12.2. The molecule has 0 amide bonds. The van der Waals surface area contributed by atoms with Crippen molar-refractivity contribution in [3.8, 4) is 5.88 Å². The Morgan fingerprint density at radius 1 is 1.20 bits per heavy atom. The molecule has 1 N–H and O–H groups in total. The van der Waals surface area contributed by atoms with Crippen LogP contribution in [0.1, 0.15) is 30.8 Å². The molecule has 2 rings (SSSR count). The smallest absolute Gasteiger partial charge is 0.243 e. The Labute approximate surface area is 118 Å². The van der Waals surface area contributed by atoms with Crippen molar-refractivity contribution in [1.82, 2.24) is 20.2 Å². The number of aryl methyl sites for hydroxylation is 2. The van der Waals surface area contributed by atoms with Gasteiger partial charge in [0.15, 0.2) is 0 Å². The van der Waals surface area contributed by atoms with Gasteiger partial charge in [-0.05, 0) is 33.8 Å². The normalized spacial score (nSPS) is 10.7. The van der Waals surface area contributed by atoms with E-state index in [1.807, 2.05) is 39.8 Å². The Bertz CT molecular complexity index is 586. The van der Waals surface area contributed by atoms with Crippen LogP contribution in [-0.2, 0) is 6.54 Å². The summed E-state index contributed by atoms with van der Waals surface area (Å²) in [5.41, 5.74) is 2.66. The van der Waals surface area contributed by atoms with Gasteiger partial charge in [-0.25, -0.2) is 9.97 Å². The molecule has 0 saturated heterocycles. The van der Waals surface area contributed by atoms with Crippen molar-refractivity contribution in [2.45, 2.75) is 40.3 Å². The molecule has 0 aromatic carbocycles. The summed E-state index contributed by atoms with van der Waals surface area (Å²) in [6.45, 7) is 8.28. The highest BCUT2D eigenvalue weighted by atomic mass is 16.5. The van der Waals surface area contributed by atoms with Crippen LogP contribution in [0.25, 0.3) is 0 Å². The van der Waals surface area contributed by atoms with E-state index in [-0.39, 0.29) is 6.10 Å². The number of pyridine rings is 1. The third-order valence-corrected chi connectivity index (χ3v) is 2.73. The van der Waals surface area contributed by atoms with Crippen LogP contribution in [0.2, 0.25) is 0 Å². The van der Waals surface area contributed by atoms with Gasteiger partial charge in [-0.1, -0.05) is 6.07 Å².